The predicted octanol–water partition coefficient (Wildman–Crippen LogP) is 3.20. The van der Waals surface area contributed by atoms with Crippen molar-refractivity contribution in [3.63, 3.8) is 0 Å². The van der Waals surface area contributed by atoms with Crippen molar-refractivity contribution in [1.82, 2.24) is 15.1 Å². The van der Waals surface area contributed by atoms with Gasteiger partial charge in [0, 0.05) is 13.1 Å². The maximum Gasteiger partial charge on any atom is 0.325 e. The molecule has 2 aliphatic rings. The fourth-order valence-corrected chi connectivity index (χ4v) is 4.06. The monoisotopic (exact) mass is 385 g/mol. The fraction of sp³-hybridized carbons (Fsp3) is 0.591. The highest BCUT2D eigenvalue weighted by Crippen LogP contribution is 2.29. The van der Waals surface area contributed by atoms with Gasteiger partial charge in [-0.1, -0.05) is 56.9 Å². The topological polar surface area (TPSA) is 69.7 Å². The molecule has 0 bridgehead atoms. The Morgan fingerprint density at radius 3 is 2.25 bits per heavy atom. The van der Waals surface area contributed by atoms with Crippen molar-refractivity contribution < 1.29 is 14.4 Å². The second kappa shape index (κ2) is 8.76. The van der Waals surface area contributed by atoms with Gasteiger partial charge in [-0.2, -0.15) is 0 Å². The van der Waals surface area contributed by atoms with Crippen LogP contribution in [0.5, 0.6) is 0 Å². The zero-order valence-electron chi connectivity index (χ0n) is 17.0. The molecule has 152 valence electrons. The molecule has 1 aromatic rings. The lowest BCUT2D eigenvalue weighted by Crippen LogP contribution is -2.45. The third-order valence-corrected chi connectivity index (χ3v) is 5.85. The number of imide groups is 1. The Balaban J connectivity index is 1.70. The van der Waals surface area contributed by atoms with E-state index in [-0.39, 0.29) is 18.4 Å². The van der Waals surface area contributed by atoms with Gasteiger partial charge in [0.05, 0.1) is 0 Å². The third kappa shape index (κ3) is 4.21. The number of aryl methyl sites for hydroxylation is 1. The van der Waals surface area contributed by atoms with E-state index in [9.17, 15) is 14.4 Å². The van der Waals surface area contributed by atoms with Crippen LogP contribution in [0.2, 0.25) is 0 Å². The van der Waals surface area contributed by atoms with Gasteiger partial charge in [0.25, 0.3) is 5.91 Å². The van der Waals surface area contributed by atoms with Gasteiger partial charge in [-0.25, -0.2) is 4.79 Å². The highest BCUT2D eigenvalue weighted by Gasteiger charge is 2.49. The summed E-state index contributed by atoms with van der Waals surface area (Å²) in [6.45, 7) is 5.06. The van der Waals surface area contributed by atoms with E-state index in [1.165, 1.54) is 12.0 Å². The van der Waals surface area contributed by atoms with Gasteiger partial charge in [0.1, 0.15) is 12.1 Å². The molecule has 1 aromatic carbocycles. The minimum absolute atomic E-state index is 0.145. The van der Waals surface area contributed by atoms with Crippen LogP contribution in [0.4, 0.5) is 4.79 Å². The number of hydrogen-bond acceptors (Lipinski definition) is 3. The van der Waals surface area contributed by atoms with E-state index in [1.807, 2.05) is 24.3 Å². The van der Waals surface area contributed by atoms with E-state index < -0.39 is 11.6 Å². The van der Waals surface area contributed by atoms with Gasteiger partial charge >= 0.3 is 6.03 Å². The second-order valence-corrected chi connectivity index (χ2v) is 8.04. The summed E-state index contributed by atoms with van der Waals surface area (Å²) in [6.07, 6.45) is 7.45. The number of rotatable bonds is 5. The largest absolute Gasteiger partial charge is 0.341 e. The predicted molar refractivity (Wildman–Crippen MR) is 108 cm³/mol. The Kier molecular flexibility index (Phi) is 6.37. The fourth-order valence-electron chi connectivity index (χ4n) is 4.06. The molecule has 0 unspecified atom stereocenters. The summed E-state index contributed by atoms with van der Waals surface area (Å²) in [6, 6.07) is 7.29. The van der Waals surface area contributed by atoms with Gasteiger partial charge in [0.15, 0.2) is 0 Å². The van der Waals surface area contributed by atoms with Gasteiger partial charge < -0.3 is 10.2 Å². The summed E-state index contributed by atoms with van der Waals surface area (Å²) in [5.41, 5.74) is 0.820. The molecule has 3 rings (SSSR count). The first-order chi connectivity index (χ1) is 13.5. The SMILES string of the molecule is CCCc1ccc([C@@]2(C)NC(=O)N(CC(=O)N3CCCCCCC3)C2=O)cc1. The van der Waals surface area contributed by atoms with Crippen LogP contribution in [-0.4, -0.2) is 47.3 Å². The Hall–Kier alpha value is -2.37. The minimum Gasteiger partial charge on any atom is -0.341 e. The average molecular weight is 386 g/mol. The van der Waals surface area contributed by atoms with Crippen molar-refractivity contribution in [1.29, 1.82) is 0 Å². The molecule has 0 aromatic heterocycles. The molecule has 1 N–H and O–H groups in total. The highest BCUT2D eigenvalue weighted by molar-refractivity contribution is 6.09. The molecule has 6 nitrogen and oxygen atoms in total. The van der Waals surface area contributed by atoms with Crippen molar-refractivity contribution in [3.8, 4) is 0 Å². The Morgan fingerprint density at radius 2 is 1.64 bits per heavy atom. The molecule has 2 fully saturated rings. The standard InChI is InChI=1S/C22H31N3O3/c1-3-9-17-10-12-18(13-11-17)22(2)20(27)25(21(28)23-22)16-19(26)24-14-7-5-4-6-8-15-24/h10-13H,3-9,14-16H2,1-2H3,(H,23,28)/t22-/m1/s1. The Labute approximate surface area is 167 Å². The van der Waals surface area contributed by atoms with Crippen LogP contribution in [0.3, 0.4) is 0 Å². The van der Waals surface area contributed by atoms with Gasteiger partial charge in [-0.3, -0.25) is 14.5 Å². The van der Waals surface area contributed by atoms with E-state index in [0.29, 0.717) is 13.1 Å². The van der Waals surface area contributed by atoms with E-state index in [0.717, 1.165) is 49.0 Å². The van der Waals surface area contributed by atoms with Crippen LogP contribution in [0.15, 0.2) is 24.3 Å². The third-order valence-electron chi connectivity index (χ3n) is 5.85. The molecule has 6 heteroatoms. The van der Waals surface area contributed by atoms with Crippen LogP contribution >= 0.6 is 0 Å². The summed E-state index contributed by atoms with van der Waals surface area (Å²) in [4.78, 5) is 41.2. The number of nitrogens with zero attached hydrogens (tertiary/aromatic N) is 2. The molecule has 2 saturated heterocycles. The summed E-state index contributed by atoms with van der Waals surface area (Å²) in [5.74, 6) is -0.505. The molecule has 0 saturated carbocycles. The van der Waals surface area contributed by atoms with Crippen LogP contribution in [0.1, 0.15) is 63.5 Å². The van der Waals surface area contributed by atoms with Crippen LogP contribution in [0.25, 0.3) is 0 Å². The number of urea groups is 1. The summed E-state index contributed by atoms with van der Waals surface area (Å²) in [5, 5.41) is 2.80. The number of hydrogen-bond donors (Lipinski definition) is 1. The Bertz CT molecular complexity index is 723. The van der Waals surface area contributed by atoms with E-state index in [1.54, 1.807) is 11.8 Å². The average Bonchev–Trinajstić information content (AvgIpc) is 2.86. The number of carbonyl (C=O) groups excluding carboxylic acids is 3. The van der Waals surface area contributed by atoms with Gasteiger partial charge in [0.2, 0.25) is 5.91 Å². The number of nitrogens with one attached hydrogen (secondary N) is 1. The first-order valence-electron chi connectivity index (χ1n) is 10.5. The molecule has 0 aliphatic carbocycles. The maximum absolute atomic E-state index is 13.1. The molecule has 1 atom stereocenters. The van der Waals surface area contributed by atoms with Gasteiger partial charge in [-0.05, 0) is 37.3 Å². The molecule has 28 heavy (non-hydrogen) atoms. The Morgan fingerprint density at radius 1 is 1.04 bits per heavy atom. The summed E-state index contributed by atoms with van der Waals surface area (Å²) >= 11 is 0. The molecule has 4 amide bonds. The highest BCUT2D eigenvalue weighted by atomic mass is 16.2. The molecular weight excluding hydrogens is 354 g/mol. The first-order valence-corrected chi connectivity index (χ1v) is 10.5. The molecule has 0 radical (unpaired) electrons. The molecule has 0 spiro atoms. The molecule has 2 aliphatic heterocycles. The van der Waals surface area contributed by atoms with Crippen LogP contribution in [-0.2, 0) is 21.5 Å². The summed E-state index contributed by atoms with van der Waals surface area (Å²) in [7, 11) is 0. The first kappa shape index (κ1) is 20.4. The maximum atomic E-state index is 13.1. The normalized spacial score (nSPS) is 23.4. The van der Waals surface area contributed by atoms with Crippen molar-refractivity contribution >= 4 is 17.8 Å². The zero-order chi connectivity index (χ0) is 20.1. The smallest absolute Gasteiger partial charge is 0.325 e. The van der Waals surface area contributed by atoms with E-state index in [2.05, 4.69) is 12.2 Å². The summed E-state index contributed by atoms with van der Waals surface area (Å²) < 4.78 is 0. The van der Waals surface area contributed by atoms with Crippen molar-refractivity contribution in [3.05, 3.63) is 35.4 Å². The van der Waals surface area contributed by atoms with Crippen molar-refractivity contribution in [2.75, 3.05) is 19.6 Å². The number of carbonyl (C=O) groups is 3. The number of benzene rings is 1. The lowest BCUT2D eigenvalue weighted by molar-refractivity contribution is -0.139. The quantitative estimate of drug-likeness (QED) is 0.792. The molecular formula is C22H31N3O3. The van der Waals surface area contributed by atoms with E-state index >= 15 is 0 Å². The van der Waals surface area contributed by atoms with Crippen molar-refractivity contribution in [2.24, 2.45) is 0 Å². The lowest BCUT2D eigenvalue weighted by Gasteiger charge is -2.27. The number of amides is 4. The van der Waals surface area contributed by atoms with E-state index in [4.69, 9.17) is 0 Å². The van der Waals surface area contributed by atoms with Crippen LogP contribution < -0.4 is 5.32 Å². The number of likely N-dealkylation sites (tertiary alicyclic amines) is 1. The van der Waals surface area contributed by atoms with Crippen LogP contribution in [0, 0.1) is 0 Å². The zero-order valence-corrected chi connectivity index (χ0v) is 17.0. The van der Waals surface area contributed by atoms with Crippen molar-refractivity contribution in [2.45, 2.75) is 64.3 Å². The molecule has 2 heterocycles. The second-order valence-electron chi connectivity index (χ2n) is 8.04. The van der Waals surface area contributed by atoms with Gasteiger partial charge in [-0.15, -0.1) is 0 Å². The minimum atomic E-state index is -1.13. The lowest BCUT2D eigenvalue weighted by atomic mass is 9.91.